The Kier molecular flexibility index (Phi) is 7.66. The fourth-order valence-electron chi connectivity index (χ4n) is 3.62. The molecule has 1 saturated heterocycles. The first-order valence-corrected chi connectivity index (χ1v) is 9.76. The van der Waals surface area contributed by atoms with Crippen molar-refractivity contribution < 1.29 is 14.3 Å². The molecular weight excluding hydrogens is 342 g/mol. The maximum Gasteiger partial charge on any atom is 0.225 e. The molecule has 2 rings (SSSR count). The lowest BCUT2D eigenvalue weighted by Crippen LogP contribution is -2.43. The molecule has 1 unspecified atom stereocenters. The van der Waals surface area contributed by atoms with Crippen molar-refractivity contribution >= 4 is 11.8 Å². The van der Waals surface area contributed by atoms with E-state index >= 15 is 0 Å². The van der Waals surface area contributed by atoms with Gasteiger partial charge in [-0.25, -0.2) is 0 Å². The molecule has 0 aliphatic carbocycles. The molecule has 150 valence electrons. The number of benzene rings is 1. The summed E-state index contributed by atoms with van der Waals surface area (Å²) < 4.78 is 5.16. The van der Waals surface area contributed by atoms with E-state index in [1.54, 1.807) is 12.0 Å². The molecule has 1 aromatic rings. The van der Waals surface area contributed by atoms with Gasteiger partial charge in [-0.3, -0.25) is 14.5 Å². The van der Waals surface area contributed by atoms with Crippen LogP contribution in [0.3, 0.4) is 0 Å². The van der Waals surface area contributed by atoms with Crippen molar-refractivity contribution in [2.24, 2.45) is 5.92 Å². The van der Waals surface area contributed by atoms with Gasteiger partial charge in [-0.15, -0.1) is 0 Å². The molecule has 1 aromatic carbocycles. The average molecular weight is 376 g/mol. The van der Waals surface area contributed by atoms with Gasteiger partial charge < -0.3 is 15.0 Å². The summed E-state index contributed by atoms with van der Waals surface area (Å²) in [5.74, 6) is 0.549. The Morgan fingerprint density at radius 2 is 1.85 bits per heavy atom. The number of ether oxygens (including phenoxy) is 1. The number of rotatable bonds is 9. The van der Waals surface area contributed by atoms with E-state index < -0.39 is 0 Å². The second-order valence-electron chi connectivity index (χ2n) is 7.74. The molecule has 27 heavy (non-hydrogen) atoms. The number of carbonyl (C=O) groups is 2. The Morgan fingerprint density at radius 1 is 1.22 bits per heavy atom. The highest BCUT2D eigenvalue weighted by molar-refractivity contribution is 5.89. The quantitative estimate of drug-likeness (QED) is 0.719. The van der Waals surface area contributed by atoms with Gasteiger partial charge in [0, 0.05) is 44.7 Å². The maximum atomic E-state index is 12.5. The fourth-order valence-corrected chi connectivity index (χ4v) is 3.62. The highest BCUT2D eigenvalue weighted by Gasteiger charge is 2.34. The predicted molar refractivity (Wildman–Crippen MR) is 107 cm³/mol. The van der Waals surface area contributed by atoms with Crippen LogP contribution in [0.15, 0.2) is 24.3 Å². The van der Waals surface area contributed by atoms with Gasteiger partial charge in [-0.05, 0) is 45.4 Å². The van der Waals surface area contributed by atoms with Crippen LogP contribution in [0.2, 0.25) is 0 Å². The summed E-state index contributed by atoms with van der Waals surface area (Å²) in [6.45, 7) is 11.1. The molecule has 6 nitrogen and oxygen atoms in total. The second-order valence-corrected chi connectivity index (χ2v) is 7.74. The van der Waals surface area contributed by atoms with Gasteiger partial charge in [0.15, 0.2) is 0 Å². The standard InChI is InChI=1S/C21H33N3O3/c1-15(2)24(16(3)4)11-10-22-21(26)18-12-20(25)23(14-18)13-17-6-8-19(27-5)9-7-17/h6-9,15-16,18H,10-14H2,1-5H3,(H,22,26). The zero-order valence-electron chi connectivity index (χ0n) is 17.2. The molecule has 0 radical (unpaired) electrons. The zero-order valence-corrected chi connectivity index (χ0v) is 17.2. The number of hydrogen-bond acceptors (Lipinski definition) is 4. The van der Waals surface area contributed by atoms with E-state index in [1.165, 1.54) is 0 Å². The molecule has 1 aliphatic rings. The predicted octanol–water partition coefficient (Wildman–Crippen LogP) is 2.28. The van der Waals surface area contributed by atoms with Gasteiger partial charge in [0.25, 0.3) is 0 Å². The minimum atomic E-state index is -0.262. The first kappa shape index (κ1) is 21.2. The summed E-state index contributed by atoms with van der Waals surface area (Å²) in [6, 6.07) is 8.55. The Balaban J connectivity index is 1.82. The van der Waals surface area contributed by atoms with Gasteiger partial charge >= 0.3 is 0 Å². The smallest absolute Gasteiger partial charge is 0.225 e. The number of carbonyl (C=O) groups excluding carboxylic acids is 2. The van der Waals surface area contributed by atoms with E-state index in [0.717, 1.165) is 17.9 Å². The molecule has 0 spiro atoms. The lowest BCUT2D eigenvalue weighted by Gasteiger charge is -2.30. The summed E-state index contributed by atoms with van der Waals surface area (Å²) in [4.78, 5) is 28.9. The molecule has 1 atom stereocenters. The normalized spacial score (nSPS) is 17.3. The third-order valence-electron chi connectivity index (χ3n) is 5.11. The van der Waals surface area contributed by atoms with Crippen LogP contribution in [0, 0.1) is 5.92 Å². The van der Waals surface area contributed by atoms with Crippen LogP contribution < -0.4 is 10.1 Å². The van der Waals surface area contributed by atoms with E-state index in [9.17, 15) is 9.59 Å². The van der Waals surface area contributed by atoms with Gasteiger partial charge in [0.05, 0.1) is 13.0 Å². The summed E-state index contributed by atoms with van der Waals surface area (Å²) >= 11 is 0. The Labute approximate surface area is 162 Å². The summed E-state index contributed by atoms with van der Waals surface area (Å²) in [6.07, 6.45) is 0.292. The Hall–Kier alpha value is -2.08. The molecule has 2 amide bonds. The van der Waals surface area contributed by atoms with Crippen LogP contribution in [0.4, 0.5) is 0 Å². The third-order valence-corrected chi connectivity index (χ3v) is 5.11. The molecule has 0 bridgehead atoms. The Morgan fingerprint density at radius 3 is 2.41 bits per heavy atom. The average Bonchev–Trinajstić information content (AvgIpc) is 2.99. The lowest BCUT2D eigenvalue weighted by molar-refractivity contribution is -0.129. The molecule has 1 fully saturated rings. The van der Waals surface area contributed by atoms with E-state index in [-0.39, 0.29) is 17.7 Å². The Bertz CT molecular complexity index is 620. The fraction of sp³-hybridized carbons (Fsp3) is 0.619. The number of nitrogens with one attached hydrogen (secondary N) is 1. The van der Waals surface area contributed by atoms with E-state index in [4.69, 9.17) is 4.74 Å². The van der Waals surface area contributed by atoms with Crippen molar-refractivity contribution in [1.29, 1.82) is 0 Å². The lowest BCUT2D eigenvalue weighted by atomic mass is 10.1. The van der Waals surface area contributed by atoms with Crippen LogP contribution in [-0.2, 0) is 16.1 Å². The van der Waals surface area contributed by atoms with Crippen LogP contribution in [0.1, 0.15) is 39.7 Å². The van der Waals surface area contributed by atoms with Crippen LogP contribution in [-0.4, -0.2) is 60.4 Å². The van der Waals surface area contributed by atoms with Gasteiger partial charge in [0.2, 0.25) is 11.8 Å². The van der Waals surface area contributed by atoms with Gasteiger partial charge in [-0.2, -0.15) is 0 Å². The van der Waals surface area contributed by atoms with Crippen LogP contribution in [0.25, 0.3) is 0 Å². The largest absolute Gasteiger partial charge is 0.497 e. The second kappa shape index (κ2) is 9.74. The number of methoxy groups -OCH3 is 1. The number of likely N-dealkylation sites (tertiary alicyclic amines) is 1. The molecule has 1 aliphatic heterocycles. The number of amides is 2. The van der Waals surface area contributed by atoms with Crippen molar-refractivity contribution in [3.63, 3.8) is 0 Å². The SMILES string of the molecule is COc1ccc(CN2CC(C(=O)NCCN(C(C)C)C(C)C)CC2=O)cc1. The summed E-state index contributed by atoms with van der Waals surface area (Å²) in [5, 5.41) is 3.01. The zero-order chi connectivity index (χ0) is 20.0. The van der Waals surface area contributed by atoms with E-state index in [2.05, 4.69) is 37.9 Å². The molecular formula is C21H33N3O3. The number of nitrogens with zero attached hydrogens (tertiary/aromatic N) is 2. The molecule has 1 N–H and O–H groups in total. The van der Waals surface area contributed by atoms with Crippen molar-refractivity contribution in [3.05, 3.63) is 29.8 Å². The van der Waals surface area contributed by atoms with E-state index in [1.807, 2.05) is 24.3 Å². The summed E-state index contributed by atoms with van der Waals surface area (Å²) in [7, 11) is 1.63. The minimum absolute atomic E-state index is 0.0203. The molecule has 1 heterocycles. The van der Waals surface area contributed by atoms with Crippen molar-refractivity contribution in [2.75, 3.05) is 26.7 Å². The number of hydrogen-bond donors (Lipinski definition) is 1. The van der Waals surface area contributed by atoms with E-state index in [0.29, 0.717) is 38.1 Å². The topological polar surface area (TPSA) is 61.9 Å². The highest BCUT2D eigenvalue weighted by Crippen LogP contribution is 2.21. The monoisotopic (exact) mass is 375 g/mol. The van der Waals surface area contributed by atoms with Crippen molar-refractivity contribution in [3.8, 4) is 5.75 Å². The molecule has 6 heteroatoms. The van der Waals surface area contributed by atoms with Crippen LogP contribution in [0.5, 0.6) is 5.75 Å². The highest BCUT2D eigenvalue weighted by atomic mass is 16.5. The first-order valence-electron chi connectivity index (χ1n) is 9.76. The maximum absolute atomic E-state index is 12.5. The van der Waals surface area contributed by atoms with Gasteiger partial charge in [-0.1, -0.05) is 12.1 Å². The van der Waals surface area contributed by atoms with Gasteiger partial charge in [0.1, 0.15) is 5.75 Å². The molecule has 0 saturated carbocycles. The van der Waals surface area contributed by atoms with Crippen molar-refractivity contribution in [2.45, 2.75) is 52.7 Å². The van der Waals surface area contributed by atoms with Crippen LogP contribution >= 0.6 is 0 Å². The summed E-state index contributed by atoms with van der Waals surface area (Å²) in [5.41, 5.74) is 1.04. The van der Waals surface area contributed by atoms with Crippen molar-refractivity contribution in [1.82, 2.24) is 15.1 Å². The third kappa shape index (κ3) is 5.96. The minimum Gasteiger partial charge on any atom is -0.497 e. The first-order chi connectivity index (χ1) is 12.8. The molecule has 0 aromatic heterocycles.